The molecule has 0 unspecified atom stereocenters. The lowest BCUT2D eigenvalue weighted by atomic mass is 9.93. The number of amides is 2. The number of fused-ring (bicyclic) bond motifs is 3. The number of benzene rings is 2. The number of likely N-dealkylation sites (N-methyl/N-ethyl adjacent to an activating group) is 1. The number of urea groups is 1. The molecule has 1 aliphatic heterocycles. The maximum absolute atomic E-state index is 13.8. The van der Waals surface area contributed by atoms with E-state index in [1.165, 1.54) is 29.2 Å². The fraction of sp³-hybridized carbons (Fsp3) is 0.273. The quantitative estimate of drug-likeness (QED) is 0.554. The number of aromatic amines is 1. The summed E-state index contributed by atoms with van der Waals surface area (Å²) in [6.07, 6.45) is 0. The van der Waals surface area contributed by atoms with Gasteiger partial charge in [-0.1, -0.05) is 17.7 Å². The molecule has 0 aliphatic carbocycles. The molecule has 1 atom stereocenters. The van der Waals surface area contributed by atoms with Gasteiger partial charge in [0.2, 0.25) is 0 Å². The highest BCUT2D eigenvalue weighted by molar-refractivity contribution is 6.31. The lowest BCUT2D eigenvalue weighted by molar-refractivity contribution is 0.129. The minimum absolute atomic E-state index is 0.0882. The highest BCUT2D eigenvalue weighted by Crippen LogP contribution is 2.34. The summed E-state index contributed by atoms with van der Waals surface area (Å²) in [5, 5.41) is 12.7. The number of carbonyl (C=O) groups excluding carboxylic acids is 1. The Hall–Kier alpha value is -3.01. The Morgan fingerprint density at radius 1 is 1.28 bits per heavy atom. The number of pyridine rings is 1. The van der Waals surface area contributed by atoms with Crippen LogP contribution in [0.15, 0.2) is 41.2 Å². The molecule has 0 fully saturated rings. The van der Waals surface area contributed by atoms with E-state index in [4.69, 9.17) is 11.6 Å². The average molecular weight is 463 g/mol. The minimum Gasteiger partial charge on any atom is -0.395 e. The normalized spacial score (nSPS) is 16.1. The van der Waals surface area contributed by atoms with Crippen molar-refractivity contribution in [1.29, 1.82) is 0 Å². The van der Waals surface area contributed by atoms with Crippen LogP contribution in [0.4, 0.5) is 19.3 Å². The first-order valence-corrected chi connectivity index (χ1v) is 10.3. The molecule has 10 heteroatoms. The molecule has 1 aliphatic rings. The van der Waals surface area contributed by atoms with Crippen LogP contribution in [-0.2, 0) is 6.54 Å². The monoisotopic (exact) mass is 462 g/mol. The molecule has 168 valence electrons. The first-order chi connectivity index (χ1) is 15.3. The van der Waals surface area contributed by atoms with Gasteiger partial charge < -0.3 is 20.3 Å². The summed E-state index contributed by atoms with van der Waals surface area (Å²) in [6, 6.07) is 6.87. The third-order valence-corrected chi connectivity index (χ3v) is 5.92. The number of halogens is 3. The molecule has 2 amide bonds. The fourth-order valence-electron chi connectivity index (χ4n) is 4.06. The Morgan fingerprint density at radius 3 is 2.78 bits per heavy atom. The zero-order valence-corrected chi connectivity index (χ0v) is 17.9. The molecular formula is C22H21ClF2N4O3. The van der Waals surface area contributed by atoms with Gasteiger partial charge in [0, 0.05) is 43.6 Å². The van der Waals surface area contributed by atoms with Gasteiger partial charge in [0.25, 0.3) is 5.56 Å². The number of nitrogens with one attached hydrogen (secondary N) is 2. The zero-order valence-electron chi connectivity index (χ0n) is 17.2. The summed E-state index contributed by atoms with van der Waals surface area (Å²) in [4.78, 5) is 31.8. The zero-order chi connectivity index (χ0) is 23.0. The van der Waals surface area contributed by atoms with E-state index in [0.717, 1.165) is 6.07 Å². The molecule has 2 heterocycles. The van der Waals surface area contributed by atoms with Crippen molar-refractivity contribution in [3.63, 3.8) is 0 Å². The number of anilines is 1. The van der Waals surface area contributed by atoms with Crippen LogP contribution in [0.3, 0.4) is 0 Å². The SMILES string of the molecule is CN(C(=O)Nc1ccc(F)c(Cl)c1)[C@H]1CN(CCO)Cc2[nH]c(=O)c3cc(F)ccc3c21. The summed E-state index contributed by atoms with van der Waals surface area (Å²) in [7, 11) is 1.60. The lowest BCUT2D eigenvalue weighted by Gasteiger charge is -2.39. The highest BCUT2D eigenvalue weighted by Gasteiger charge is 2.33. The van der Waals surface area contributed by atoms with Gasteiger partial charge in [-0.3, -0.25) is 9.69 Å². The summed E-state index contributed by atoms with van der Waals surface area (Å²) in [6.45, 7) is 1.02. The molecule has 0 saturated carbocycles. The molecule has 2 aromatic carbocycles. The summed E-state index contributed by atoms with van der Waals surface area (Å²) in [5.74, 6) is -1.13. The van der Waals surface area contributed by atoms with Gasteiger partial charge in [-0.15, -0.1) is 0 Å². The van der Waals surface area contributed by atoms with Gasteiger partial charge in [0.1, 0.15) is 11.6 Å². The Morgan fingerprint density at radius 2 is 2.06 bits per heavy atom. The molecule has 7 nitrogen and oxygen atoms in total. The molecular weight excluding hydrogens is 442 g/mol. The number of aliphatic hydroxyl groups excluding tert-OH is 1. The van der Waals surface area contributed by atoms with Crippen LogP contribution in [0.5, 0.6) is 0 Å². The van der Waals surface area contributed by atoms with Crippen LogP contribution < -0.4 is 10.9 Å². The number of H-pyrrole nitrogens is 1. The van der Waals surface area contributed by atoms with Crippen molar-refractivity contribution >= 4 is 34.1 Å². The maximum Gasteiger partial charge on any atom is 0.322 e. The van der Waals surface area contributed by atoms with Crippen molar-refractivity contribution in [3.8, 4) is 0 Å². The van der Waals surface area contributed by atoms with Crippen LogP contribution in [0.25, 0.3) is 10.8 Å². The number of nitrogens with zero attached hydrogens (tertiary/aromatic N) is 2. The third kappa shape index (κ3) is 4.19. The number of β-amino-alcohol motifs (C(OH)–C–C–N with tert-alkyl or cyclic N) is 1. The standard InChI is InChI=1S/C22H21ClF2N4O3/c1-28(22(32)26-13-3-5-17(25)16(23)9-13)19-11-29(6-7-30)10-18-20(19)14-4-2-12(24)8-15(14)21(31)27-18/h2-5,8-9,19,30H,6-7,10-11H2,1H3,(H,26,32)(H,27,31)/t19-/m0/s1. The summed E-state index contributed by atoms with van der Waals surface area (Å²) < 4.78 is 27.2. The minimum atomic E-state index is -0.596. The predicted molar refractivity (Wildman–Crippen MR) is 118 cm³/mol. The lowest BCUT2D eigenvalue weighted by Crippen LogP contribution is -2.46. The third-order valence-electron chi connectivity index (χ3n) is 5.63. The molecule has 1 aromatic heterocycles. The molecule has 0 spiro atoms. The number of aliphatic hydroxyl groups is 1. The molecule has 3 N–H and O–H groups in total. The van der Waals surface area contributed by atoms with Crippen molar-refractivity contribution in [2.75, 3.05) is 32.1 Å². The molecule has 4 rings (SSSR count). The number of hydrogen-bond acceptors (Lipinski definition) is 4. The highest BCUT2D eigenvalue weighted by atomic mass is 35.5. The second-order valence-electron chi connectivity index (χ2n) is 7.68. The first-order valence-electron chi connectivity index (χ1n) is 9.95. The van der Waals surface area contributed by atoms with Gasteiger partial charge in [-0.2, -0.15) is 0 Å². The number of carbonyl (C=O) groups is 1. The Balaban J connectivity index is 1.74. The topological polar surface area (TPSA) is 88.7 Å². The molecule has 0 saturated heterocycles. The van der Waals surface area contributed by atoms with Gasteiger partial charge in [-0.25, -0.2) is 13.6 Å². The molecule has 0 radical (unpaired) electrons. The number of rotatable bonds is 4. The molecule has 32 heavy (non-hydrogen) atoms. The average Bonchev–Trinajstić information content (AvgIpc) is 2.75. The van der Waals surface area contributed by atoms with E-state index in [-0.39, 0.29) is 17.0 Å². The van der Waals surface area contributed by atoms with Crippen LogP contribution in [0, 0.1) is 11.6 Å². The van der Waals surface area contributed by atoms with Gasteiger partial charge >= 0.3 is 6.03 Å². The Labute approximate surface area is 187 Å². The molecule has 3 aromatic rings. The van der Waals surface area contributed by atoms with Crippen LogP contribution in [0.1, 0.15) is 17.3 Å². The van der Waals surface area contributed by atoms with Crippen LogP contribution in [0.2, 0.25) is 5.02 Å². The fourth-order valence-corrected chi connectivity index (χ4v) is 4.24. The first kappa shape index (κ1) is 22.2. The van der Waals surface area contributed by atoms with E-state index >= 15 is 0 Å². The van der Waals surface area contributed by atoms with Crippen molar-refractivity contribution < 1.29 is 18.7 Å². The summed E-state index contributed by atoms with van der Waals surface area (Å²) >= 11 is 5.80. The largest absolute Gasteiger partial charge is 0.395 e. The van der Waals surface area contributed by atoms with Crippen molar-refractivity contribution in [1.82, 2.24) is 14.8 Å². The van der Waals surface area contributed by atoms with Gasteiger partial charge in [0.05, 0.1) is 23.1 Å². The van der Waals surface area contributed by atoms with Crippen LogP contribution >= 0.6 is 11.6 Å². The van der Waals surface area contributed by atoms with E-state index < -0.39 is 29.3 Å². The summed E-state index contributed by atoms with van der Waals surface area (Å²) in [5.41, 5.74) is 1.22. The number of hydrogen-bond donors (Lipinski definition) is 3. The number of aromatic nitrogens is 1. The Bertz CT molecular complexity index is 1250. The Kier molecular flexibility index (Phi) is 6.14. The van der Waals surface area contributed by atoms with Gasteiger partial charge in [0.15, 0.2) is 0 Å². The smallest absolute Gasteiger partial charge is 0.322 e. The second-order valence-corrected chi connectivity index (χ2v) is 8.09. The van der Waals surface area contributed by atoms with E-state index in [0.29, 0.717) is 42.0 Å². The van der Waals surface area contributed by atoms with Crippen molar-refractivity contribution in [2.45, 2.75) is 12.6 Å². The van der Waals surface area contributed by atoms with Crippen LogP contribution in [-0.4, -0.2) is 52.7 Å². The molecule has 0 bridgehead atoms. The van der Waals surface area contributed by atoms with E-state index in [1.807, 2.05) is 4.90 Å². The van der Waals surface area contributed by atoms with E-state index in [2.05, 4.69) is 10.3 Å². The van der Waals surface area contributed by atoms with Crippen molar-refractivity contribution in [3.05, 3.63) is 74.7 Å². The van der Waals surface area contributed by atoms with E-state index in [9.17, 15) is 23.5 Å². The van der Waals surface area contributed by atoms with E-state index in [1.54, 1.807) is 13.1 Å². The maximum atomic E-state index is 13.8. The van der Waals surface area contributed by atoms with Gasteiger partial charge in [-0.05, 0) is 35.7 Å². The predicted octanol–water partition coefficient (Wildman–Crippen LogP) is 3.47. The second kappa shape index (κ2) is 8.85. The van der Waals surface area contributed by atoms with Crippen molar-refractivity contribution in [2.24, 2.45) is 0 Å².